The summed E-state index contributed by atoms with van der Waals surface area (Å²) in [4.78, 5) is 17.0. The van der Waals surface area contributed by atoms with Gasteiger partial charge in [-0.05, 0) is 35.7 Å². The van der Waals surface area contributed by atoms with Crippen LogP contribution in [-0.4, -0.2) is 10.8 Å². The Hall–Kier alpha value is -2.65. The summed E-state index contributed by atoms with van der Waals surface area (Å²) in [7, 11) is 0. The van der Waals surface area contributed by atoms with Crippen LogP contribution >= 0.6 is 11.6 Å². The maximum absolute atomic E-state index is 12.4. The molecular formula is C23H22ClNO2. The van der Waals surface area contributed by atoms with Crippen LogP contribution in [0.25, 0.3) is 28.9 Å². The van der Waals surface area contributed by atoms with Crippen molar-refractivity contribution in [1.29, 1.82) is 0 Å². The summed E-state index contributed by atoms with van der Waals surface area (Å²) in [5.41, 5.74) is 3.33. The molecule has 0 atom stereocenters. The van der Waals surface area contributed by atoms with Crippen LogP contribution in [0.3, 0.4) is 0 Å². The summed E-state index contributed by atoms with van der Waals surface area (Å²) >= 11 is 6.14. The molecule has 0 spiro atoms. The molecule has 1 aromatic heterocycles. The Morgan fingerprint density at radius 3 is 2.56 bits per heavy atom. The first-order chi connectivity index (χ1) is 13.0. The van der Waals surface area contributed by atoms with Crippen molar-refractivity contribution in [2.45, 2.75) is 26.7 Å². The van der Waals surface area contributed by atoms with Crippen molar-refractivity contribution in [1.82, 2.24) is 4.98 Å². The van der Waals surface area contributed by atoms with E-state index < -0.39 is 0 Å². The van der Waals surface area contributed by atoms with Crippen LogP contribution in [0.15, 0.2) is 59.5 Å². The van der Waals surface area contributed by atoms with E-state index in [0.717, 1.165) is 16.7 Å². The molecule has 0 N–H and O–H groups in total. The van der Waals surface area contributed by atoms with Crippen LogP contribution in [0.2, 0.25) is 5.02 Å². The molecule has 27 heavy (non-hydrogen) atoms. The van der Waals surface area contributed by atoms with E-state index in [4.69, 9.17) is 16.0 Å². The predicted octanol–water partition coefficient (Wildman–Crippen LogP) is 6.46. The number of carbonyl (C=O) groups is 1. The highest BCUT2D eigenvalue weighted by Crippen LogP contribution is 2.32. The number of aromatic nitrogens is 1. The molecule has 0 aliphatic heterocycles. The number of Topliss-reactive ketones (excluding diaryl/α,β-unsaturated/α-hetero) is 1. The molecule has 3 aromatic rings. The van der Waals surface area contributed by atoms with Gasteiger partial charge in [-0.15, -0.1) is 0 Å². The van der Waals surface area contributed by atoms with E-state index in [-0.39, 0.29) is 12.2 Å². The van der Waals surface area contributed by atoms with Gasteiger partial charge in [-0.1, -0.05) is 62.4 Å². The van der Waals surface area contributed by atoms with E-state index >= 15 is 0 Å². The van der Waals surface area contributed by atoms with Crippen molar-refractivity contribution in [2.75, 3.05) is 0 Å². The van der Waals surface area contributed by atoms with Gasteiger partial charge in [-0.2, -0.15) is 0 Å². The lowest BCUT2D eigenvalue weighted by Crippen LogP contribution is -2.07. The largest absolute Gasteiger partial charge is 0.436 e. The lowest BCUT2D eigenvalue weighted by Gasteiger charge is -2.04. The number of benzene rings is 2. The van der Waals surface area contributed by atoms with Crippen LogP contribution in [-0.2, 0) is 11.2 Å². The molecule has 0 aliphatic rings. The van der Waals surface area contributed by atoms with Crippen LogP contribution in [0.4, 0.5) is 0 Å². The number of ketones is 1. The average Bonchev–Trinajstić information content (AvgIpc) is 3.04. The average molecular weight is 380 g/mol. The third-order valence-electron chi connectivity index (χ3n) is 4.18. The van der Waals surface area contributed by atoms with E-state index in [2.05, 4.69) is 11.6 Å². The van der Waals surface area contributed by atoms with Gasteiger partial charge in [0.2, 0.25) is 5.89 Å². The first-order valence-electron chi connectivity index (χ1n) is 8.96. The Balaban J connectivity index is 2.02. The maximum atomic E-state index is 12.4. The number of hydrogen-bond donors (Lipinski definition) is 0. The fourth-order valence-electron chi connectivity index (χ4n) is 2.93. The molecule has 3 nitrogen and oxygen atoms in total. The molecule has 3 rings (SSSR count). The monoisotopic (exact) mass is 379 g/mol. The van der Waals surface area contributed by atoms with E-state index in [9.17, 15) is 4.79 Å². The molecule has 0 fully saturated rings. The Labute approximate surface area is 164 Å². The first kappa shape index (κ1) is 19.1. The molecule has 138 valence electrons. The molecule has 0 saturated heterocycles. The van der Waals surface area contributed by atoms with Gasteiger partial charge in [0.1, 0.15) is 5.78 Å². The number of halogens is 1. The Bertz CT molecular complexity index is 955. The summed E-state index contributed by atoms with van der Waals surface area (Å²) in [6.45, 7) is 7.83. The van der Waals surface area contributed by atoms with Crippen LogP contribution in [0.1, 0.15) is 31.5 Å². The maximum Gasteiger partial charge on any atom is 0.227 e. The Kier molecular flexibility index (Phi) is 5.92. The third kappa shape index (κ3) is 4.75. The van der Waals surface area contributed by atoms with Gasteiger partial charge in [-0.25, -0.2) is 4.98 Å². The molecule has 4 heteroatoms. The van der Waals surface area contributed by atoms with Crippen molar-refractivity contribution >= 4 is 23.5 Å². The second-order valence-corrected chi connectivity index (χ2v) is 7.38. The quantitative estimate of drug-likeness (QED) is 0.473. The van der Waals surface area contributed by atoms with Crippen molar-refractivity contribution in [3.05, 3.63) is 71.4 Å². The number of nitrogens with zero attached hydrogens (tertiary/aromatic N) is 1. The summed E-state index contributed by atoms with van der Waals surface area (Å²) in [5.74, 6) is 1.55. The van der Waals surface area contributed by atoms with E-state index in [1.165, 1.54) is 0 Å². The SMILES string of the molecule is C=Cc1ccc(-c2nc(CC(=O)CC(C)C)c(-c3cccc(Cl)c3)o2)cc1. The Morgan fingerprint density at radius 1 is 1.19 bits per heavy atom. The van der Waals surface area contributed by atoms with Gasteiger partial charge in [0.15, 0.2) is 5.76 Å². The van der Waals surface area contributed by atoms with Gasteiger partial charge in [-0.3, -0.25) is 4.79 Å². The fraction of sp³-hybridized carbons (Fsp3) is 0.217. The minimum Gasteiger partial charge on any atom is -0.436 e. The summed E-state index contributed by atoms with van der Waals surface area (Å²) in [6.07, 6.45) is 2.55. The highest BCUT2D eigenvalue weighted by atomic mass is 35.5. The zero-order valence-electron chi connectivity index (χ0n) is 15.5. The zero-order chi connectivity index (χ0) is 19.4. The van der Waals surface area contributed by atoms with E-state index in [1.807, 2.05) is 56.3 Å². The van der Waals surface area contributed by atoms with Crippen molar-refractivity contribution < 1.29 is 9.21 Å². The molecule has 0 bridgehead atoms. The van der Waals surface area contributed by atoms with Gasteiger partial charge in [0.05, 0.1) is 12.1 Å². The molecule has 2 aromatic carbocycles. The molecule has 0 aliphatic carbocycles. The minimum absolute atomic E-state index is 0.148. The number of carbonyl (C=O) groups excluding carboxylic acids is 1. The standard InChI is InChI=1S/C23H22ClNO2/c1-4-16-8-10-17(11-9-16)23-25-21(14-20(26)12-15(2)3)22(27-23)18-6-5-7-19(24)13-18/h4-11,13,15H,1,12,14H2,2-3H3. The lowest BCUT2D eigenvalue weighted by atomic mass is 10.0. The van der Waals surface area contributed by atoms with Gasteiger partial charge in [0, 0.05) is 22.6 Å². The topological polar surface area (TPSA) is 43.1 Å². The van der Waals surface area contributed by atoms with Gasteiger partial charge >= 0.3 is 0 Å². The summed E-state index contributed by atoms with van der Waals surface area (Å²) in [5, 5.41) is 0.611. The molecule has 0 saturated carbocycles. The normalized spacial score (nSPS) is 11.0. The van der Waals surface area contributed by atoms with Gasteiger partial charge < -0.3 is 4.42 Å². The number of rotatable bonds is 7. The third-order valence-corrected chi connectivity index (χ3v) is 4.41. The van der Waals surface area contributed by atoms with Crippen molar-refractivity contribution in [3.8, 4) is 22.8 Å². The summed E-state index contributed by atoms with van der Waals surface area (Å²) < 4.78 is 6.07. The van der Waals surface area contributed by atoms with Crippen molar-refractivity contribution in [2.24, 2.45) is 5.92 Å². The molecular weight excluding hydrogens is 358 g/mol. The number of hydrogen-bond acceptors (Lipinski definition) is 3. The highest BCUT2D eigenvalue weighted by Gasteiger charge is 2.19. The van der Waals surface area contributed by atoms with E-state index in [1.54, 1.807) is 12.1 Å². The molecule has 0 unspecified atom stereocenters. The smallest absolute Gasteiger partial charge is 0.227 e. The molecule has 0 radical (unpaired) electrons. The Morgan fingerprint density at radius 2 is 1.93 bits per heavy atom. The summed E-state index contributed by atoms with van der Waals surface area (Å²) in [6, 6.07) is 15.2. The predicted molar refractivity (Wildman–Crippen MR) is 111 cm³/mol. The minimum atomic E-state index is 0.148. The highest BCUT2D eigenvalue weighted by molar-refractivity contribution is 6.30. The molecule has 0 amide bonds. The van der Waals surface area contributed by atoms with Crippen LogP contribution in [0, 0.1) is 5.92 Å². The second-order valence-electron chi connectivity index (χ2n) is 6.94. The van der Waals surface area contributed by atoms with Gasteiger partial charge in [0.25, 0.3) is 0 Å². The fourth-order valence-corrected chi connectivity index (χ4v) is 3.12. The van der Waals surface area contributed by atoms with E-state index in [0.29, 0.717) is 34.7 Å². The van der Waals surface area contributed by atoms with Crippen LogP contribution < -0.4 is 0 Å². The first-order valence-corrected chi connectivity index (χ1v) is 9.34. The molecule has 1 heterocycles. The zero-order valence-corrected chi connectivity index (χ0v) is 16.3. The second kappa shape index (κ2) is 8.36. The lowest BCUT2D eigenvalue weighted by molar-refractivity contribution is -0.119. The van der Waals surface area contributed by atoms with Crippen molar-refractivity contribution in [3.63, 3.8) is 0 Å². The number of oxazole rings is 1. The van der Waals surface area contributed by atoms with Crippen LogP contribution in [0.5, 0.6) is 0 Å².